The summed E-state index contributed by atoms with van der Waals surface area (Å²) >= 11 is 0. The first-order chi connectivity index (χ1) is 10.1. The van der Waals surface area contributed by atoms with Gasteiger partial charge >= 0.3 is 5.97 Å². The van der Waals surface area contributed by atoms with Gasteiger partial charge in [0.25, 0.3) is 0 Å². The number of para-hydroxylation sites is 1. The van der Waals surface area contributed by atoms with Crippen molar-refractivity contribution in [2.75, 3.05) is 24.3 Å². The number of nitrogen functional groups attached to an aromatic ring is 1. The first-order valence-electron chi connectivity index (χ1n) is 6.95. The van der Waals surface area contributed by atoms with Crippen molar-refractivity contribution >= 4 is 23.0 Å². The maximum absolute atomic E-state index is 11.9. The molecule has 0 bridgehead atoms. The Labute approximate surface area is 124 Å². The van der Waals surface area contributed by atoms with Crippen molar-refractivity contribution in [2.24, 2.45) is 0 Å². The number of ether oxygens (including phenoxy) is 1. The molecule has 0 spiro atoms. The number of nitrogens with two attached hydrogens (primary N) is 1. The number of carbonyl (C=O) groups excluding carboxylic acids is 1. The van der Waals surface area contributed by atoms with Crippen LogP contribution in [0.5, 0.6) is 0 Å². The lowest BCUT2D eigenvalue weighted by Crippen LogP contribution is -2.15. The van der Waals surface area contributed by atoms with Gasteiger partial charge in [0.2, 0.25) is 0 Å². The van der Waals surface area contributed by atoms with E-state index in [-0.39, 0.29) is 0 Å². The van der Waals surface area contributed by atoms with Crippen LogP contribution in [0.3, 0.4) is 0 Å². The monoisotopic (exact) mass is 282 g/mol. The number of benzene rings is 2. The Hall–Kier alpha value is -2.49. The summed E-state index contributed by atoms with van der Waals surface area (Å²) < 4.78 is 4.82. The summed E-state index contributed by atoms with van der Waals surface area (Å²) in [5, 5.41) is 0. The van der Waals surface area contributed by atoms with Crippen molar-refractivity contribution in [3.63, 3.8) is 0 Å². The zero-order chi connectivity index (χ0) is 15.0. The van der Waals surface area contributed by atoms with Crippen LogP contribution in [0.4, 0.5) is 17.1 Å². The zero-order valence-electron chi connectivity index (χ0n) is 12.2. The van der Waals surface area contributed by atoms with Gasteiger partial charge in [0, 0.05) is 23.6 Å². The second-order valence-electron chi connectivity index (χ2n) is 5.25. The molecule has 0 amide bonds. The van der Waals surface area contributed by atoms with E-state index in [9.17, 15) is 4.79 Å². The van der Waals surface area contributed by atoms with Crippen LogP contribution in [0, 0.1) is 6.92 Å². The number of hydrogen-bond acceptors (Lipinski definition) is 4. The van der Waals surface area contributed by atoms with Gasteiger partial charge in [0.05, 0.1) is 12.7 Å². The second-order valence-corrected chi connectivity index (χ2v) is 5.25. The van der Waals surface area contributed by atoms with Crippen LogP contribution in [-0.2, 0) is 11.2 Å². The number of nitrogens with zero attached hydrogens (tertiary/aromatic N) is 1. The number of methoxy groups -OCH3 is 1. The Morgan fingerprint density at radius 2 is 2.05 bits per heavy atom. The van der Waals surface area contributed by atoms with Gasteiger partial charge in [-0.2, -0.15) is 0 Å². The molecule has 0 unspecified atom stereocenters. The number of aryl methyl sites for hydroxylation is 1. The van der Waals surface area contributed by atoms with Crippen LogP contribution in [-0.4, -0.2) is 19.6 Å². The van der Waals surface area contributed by atoms with Crippen LogP contribution in [0.15, 0.2) is 36.4 Å². The Kier molecular flexibility index (Phi) is 3.29. The van der Waals surface area contributed by atoms with Gasteiger partial charge < -0.3 is 15.4 Å². The Bertz CT molecular complexity index is 710. The Morgan fingerprint density at radius 1 is 1.29 bits per heavy atom. The predicted molar refractivity (Wildman–Crippen MR) is 84.1 cm³/mol. The number of hydrogen-bond donors (Lipinski definition) is 1. The lowest BCUT2D eigenvalue weighted by molar-refractivity contribution is 0.0602. The molecule has 2 N–H and O–H groups in total. The number of rotatable bonds is 2. The largest absolute Gasteiger partial charge is 0.465 e. The molecule has 4 nitrogen and oxygen atoms in total. The van der Waals surface area contributed by atoms with Gasteiger partial charge in [-0.15, -0.1) is 0 Å². The molecule has 0 fully saturated rings. The van der Waals surface area contributed by atoms with E-state index in [0.29, 0.717) is 11.3 Å². The normalized spacial score (nSPS) is 13.1. The summed E-state index contributed by atoms with van der Waals surface area (Å²) in [5.41, 5.74) is 11.3. The fourth-order valence-electron chi connectivity index (χ4n) is 2.82. The molecule has 2 aromatic rings. The third-order valence-electron chi connectivity index (χ3n) is 3.98. The molecule has 0 aliphatic carbocycles. The minimum absolute atomic E-state index is 0.398. The summed E-state index contributed by atoms with van der Waals surface area (Å²) in [6, 6.07) is 12.2. The van der Waals surface area contributed by atoms with E-state index in [4.69, 9.17) is 10.5 Å². The molecule has 1 aliphatic rings. The van der Waals surface area contributed by atoms with Gasteiger partial charge in [-0.3, -0.25) is 0 Å². The summed E-state index contributed by atoms with van der Waals surface area (Å²) in [7, 11) is 1.37. The van der Waals surface area contributed by atoms with Crippen LogP contribution in [0.2, 0.25) is 0 Å². The van der Waals surface area contributed by atoms with Gasteiger partial charge in [0.15, 0.2) is 0 Å². The highest BCUT2D eigenvalue weighted by atomic mass is 16.5. The predicted octanol–water partition coefficient (Wildman–Crippen LogP) is 3.06. The summed E-state index contributed by atoms with van der Waals surface area (Å²) in [4.78, 5) is 14.1. The smallest absolute Gasteiger partial charge is 0.340 e. The molecular formula is C17H18N2O2. The molecule has 0 radical (unpaired) electrons. The quantitative estimate of drug-likeness (QED) is 0.679. The number of carbonyl (C=O) groups is 1. The highest BCUT2D eigenvalue weighted by molar-refractivity contribution is 5.97. The molecular weight excluding hydrogens is 264 g/mol. The fourth-order valence-corrected chi connectivity index (χ4v) is 2.82. The molecule has 21 heavy (non-hydrogen) atoms. The topological polar surface area (TPSA) is 55.6 Å². The van der Waals surface area contributed by atoms with Gasteiger partial charge in [0.1, 0.15) is 0 Å². The second kappa shape index (κ2) is 5.13. The molecule has 2 aromatic carbocycles. The third-order valence-corrected chi connectivity index (χ3v) is 3.98. The number of esters is 1. The highest BCUT2D eigenvalue weighted by Gasteiger charge is 2.22. The minimum atomic E-state index is -0.398. The molecule has 4 heteroatoms. The molecule has 0 atom stereocenters. The van der Waals surface area contributed by atoms with Crippen molar-refractivity contribution in [3.8, 4) is 0 Å². The first kappa shape index (κ1) is 13.5. The highest BCUT2D eigenvalue weighted by Crippen LogP contribution is 2.36. The van der Waals surface area contributed by atoms with Crippen LogP contribution in [0.1, 0.15) is 21.5 Å². The molecule has 108 valence electrons. The van der Waals surface area contributed by atoms with Gasteiger partial charge in [-0.1, -0.05) is 18.2 Å². The van der Waals surface area contributed by atoms with E-state index in [1.165, 1.54) is 18.4 Å². The minimum Gasteiger partial charge on any atom is -0.465 e. The Balaban J connectivity index is 2.08. The van der Waals surface area contributed by atoms with Crippen LogP contribution < -0.4 is 10.6 Å². The van der Waals surface area contributed by atoms with Crippen molar-refractivity contribution in [1.82, 2.24) is 0 Å². The summed E-state index contributed by atoms with van der Waals surface area (Å²) in [6.07, 6.45) is 1.01. The maximum atomic E-state index is 11.9. The van der Waals surface area contributed by atoms with Crippen molar-refractivity contribution < 1.29 is 9.53 Å². The third kappa shape index (κ3) is 2.23. The fraction of sp³-hybridized carbons (Fsp3) is 0.235. The van der Waals surface area contributed by atoms with E-state index in [2.05, 4.69) is 23.1 Å². The van der Waals surface area contributed by atoms with Gasteiger partial charge in [-0.25, -0.2) is 4.79 Å². The van der Waals surface area contributed by atoms with Crippen molar-refractivity contribution in [3.05, 3.63) is 53.1 Å². The van der Waals surface area contributed by atoms with Gasteiger partial charge in [-0.05, 0) is 42.7 Å². The molecule has 1 aliphatic heterocycles. The summed E-state index contributed by atoms with van der Waals surface area (Å²) in [5.74, 6) is -0.398. The zero-order valence-corrected chi connectivity index (χ0v) is 12.2. The van der Waals surface area contributed by atoms with Crippen molar-refractivity contribution in [2.45, 2.75) is 13.3 Å². The molecule has 3 rings (SSSR count). The van der Waals surface area contributed by atoms with Crippen molar-refractivity contribution in [1.29, 1.82) is 0 Å². The molecule has 0 aromatic heterocycles. The Morgan fingerprint density at radius 3 is 2.81 bits per heavy atom. The van der Waals surface area contributed by atoms with E-state index < -0.39 is 5.97 Å². The van der Waals surface area contributed by atoms with Crippen LogP contribution in [0.25, 0.3) is 0 Å². The van der Waals surface area contributed by atoms with E-state index in [0.717, 1.165) is 24.2 Å². The lowest BCUT2D eigenvalue weighted by atomic mass is 10.1. The van der Waals surface area contributed by atoms with E-state index >= 15 is 0 Å². The SMILES string of the molecule is COC(=O)c1cc(N2CCc3ccccc32)cc(C)c1N. The number of fused-ring (bicyclic) bond motifs is 1. The lowest BCUT2D eigenvalue weighted by Gasteiger charge is -2.21. The first-order valence-corrected chi connectivity index (χ1v) is 6.95. The molecule has 1 heterocycles. The van der Waals surface area contributed by atoms with Crippen LogP contribution >= 0.6 is 0 Å². The average Bonchev–Trinajstić information content (AvgIpc) is 2.93. The molecule has 0 saturated carbocycles. The average molecular weight is 282 g/mol. The molecule has 0 saturated heterocycles. The van der Waals surface area contributed by atoms with E-state index in [1.807, 2.05) is 25.1 Å². The van der Waals surface area contributed by atoms with E-state index in [1.54, 1.807) is 0 Å². The summed E-state index contributed by atoms with van der Waals surface area (Å²) in [6.45, 7) is 2.82. The standard InChI is InChI=1S/C17H18N2O2/c1-11-9-13(10-14(16(11)18)17(20)21-2)19-8-7-12-5-3-4-6-15(12)19/h3-6,9-10H,7-8,18H2,1-2H3. The maximum Gasteiger partial charge on any atom is 0.340 e. The number of anilines is 3.